The zero-order valence-electron chi connectivity index (χ0n) is 9.49. The maximum absolute atomic E-state index is 12.9. The first-order chi connectivity index (χ1) is 8.34. The van der Waals surface area contributed by atoms with Gasteiger partial charge in [-0.3, -0.25) is 9.59 Å². The molecule has 3 nitrogen and oxygen atoms in total. The third-order valence-electron chi connectivity index (χ3n) is 2.42. The molecule has 1 N–H and O–H groups in total. The molecule has 0 spiro atoms. The summed E-state index contributed by atoms with van der Waals surface area (Å²) in [5, 5.41) is 8.75. The van der Waals surface area contributed by atoms with Crippen molar-refractivity contribution in [2.45, 2.75) is 24.6 Å². The molecular formula is C12H11BrF2O3. The molecule has 0 aliphatic heterocycles. The maximum atomic E-state index is 12.9. The van der Waals surface area contributed by atoms with Crippen LogP contribution in [0.25, 0.3) is 0 Å². The molecule has 0 saturated heterocycles. The summed E-state index contributed by atoms with van der Waals surface area (Å²) in [5.41, 5.74) is -0.0365. The van der Waals surface area contributed by atoms with Crippen LogP contribution in [0.3, 0.4) is 0 Å². The topological polar surface area (TPSA) is 54.4 Å². The summed E-state index contributed by atoms with van der Waals surface area (Å²) in [6, 6.07) is 4.00. The molecule has 1 aromatic rings. The fraction of sp³-hybridized carbons (Fsp3) is 0.333. The van der Waals surface area contributed by atoms with Crippen molar-refractivity contribution < 1.29 is 23.5 Å². The summed E-state index contributed by atoms with van der Waals surface area (Å²) in [5.74, 6) is -1.49. The molecule has 0 fully saturated rings. The number of halogens is 3. The quantitative estimate of drug-likeness (QED) is 0.847. The molecule has 1 atom stereocenters. The van der Waals surface area contributed by atoms with Gasteiger partial charge >= 0.3 is 5.97 Å². The highest BCUT2D eigenvalue weighted by Crippen LogP contribution is 2.35. The molecular weight excluding hydrogens is 310 g/mol. The van der Waals surface area contributed by atoms with Crippen molar-refractivity contribution in [2.24, 2.45) is 0 Å². The average Bonchev–Trinajstić information content (AvgIpc) is 2.26. The van der Waals surface area contributed by atoms with Crippen molar-refractivity contribution >= 4 is 27.7 Å². The number of carboxylic acid groups (broad SMARTS) is 1. The number of carbonyl (C=O) groups is 2. The van der Waals surface area contributed by atoms with Crippen LogP contribution in [-0.4, -0.2) is 16.9 Å². The molecule has 0 bridgehead atoms. The molecule has 1 rings (SSSR count). The van der Waals surface area contributed by atoms with Gasteiger partial charge in [-0.15, -0.1) is 0 Å². The third-order valence-corrected chi connectivity index (χ3v) is 3.52. The van der Waals surface area contributed by atoms with Crippen LogP contribution in [0.15, 0.2) is 18.2 Å². The molecule has 0 aliphatic rings. The van der Waals surface area contributed by atoms with Crippen molar-refractivity contribution in [3.05, 3.63) is 34.9 Å². The Morgan fingerprint density at radius 3 is 2.44 bits per heavy atom. The summed E-state index contributed by atoms with van der Waals surface area (Å²) < 4.78 is 25.8. The second-order valence-electron chi connectivity index (χ2n) is 3.76. The minimum absolute atomic E-state index is 0.0578. The first-order valence-corrected chi connectivity index (χ1v) is 6.02. The summed E-state index contributed by atoms with van der Waals surface area (Å²) in [6.07, 6.45) is -3.15. The second kappa shape index (κ2) is 6.04. The van der Waals surface area contributed by atoms with E-state index in [4.69, 9.17) is 5.11 Å². The highest BCUT2D eigenvalue weighted by Gasteiger charge is 2.25. The fourth-order valence-corrected chi connectivity index (χ4v) is 2.21. The zero-order valence-corrected chi connectivity index (χ0v) is 11.1. The molecule has 0 amide bonds. The molecule has 0 heterocycles. The van der Waals surface area contributed by atoms with E-state index in [9.17, 15) is 18.4 Å². The van der Waals surface area contributed by atoms with Gasteiger partial charge in [-0.05, 0) is 18.1 Å². The van der Waals surface area contributed by atoms with Crippen LogP contribution >= 0.6 is 15.9 Å². The minimum atomic E-state index is -2.76. The Balaban J connectivity index is 3.38. The Hall–Kier alpha value is -1.30. The van der Waals surface area contributed by atoms with E-state index in [-0.39, 0.29) is 22.5 Å². The number of hydrogen-bond donors (Lipinski definition) is 1. The van der Waals surface area contributed by atoms with Crippen LogP contribution in [0.5, 0.6) is 0 Å². The van der Waals surface area contributed by atoms with Crippen LogP contribution in [0.1, 0.15) is 34.9 Å². The number of alkyl halides is 3. The van der Waals surface area contributed by atoms with Gasteiger partial charge in [0.05, 0.1) is 11.2 Å². The monoisotopic (exact) mass is 320 g/mol. The molecule has 0 saturated carbocycles. The van der Waals surface area contributed by atoms with Gasteiger partial charge < -0.3 is 5.11 Å². The van der Waals surface area contributed by atoms with Gasteiger partial charge in [0.15, 0.2) is 0 Å². The number of hydrogen-bond acceptors (Lipinski definition) is 2. The standard InChI is InChI=1S/C12H11BrF2O3/c1-6(16)11(13)10-7(5-9(17)18)3-2-4-8(10)12(14)15/h2-4,11-12H,5H2,1H3,(H,17,18). The van der Waals surface area contributed by atoms with E-state index < -0.39 is 23.6 Å². The predicted octanol–water partition coefficient (Wildman–Crippen LogP) is 3.28. The Kier molecular flexibility index (Phi) is 4.95. The molecule has 98 valence electrons. The van der Waals surface area contributed by atoms with Crippen LogP contribution in [-0.2, 0) is 16.0 Å². The van der Waals surface area contributed by atoms with Crippen LogP contribution < -0.4 is 0 Å². The van der Waals surface area contributed by atoms with E-state index in [1.165, 1.54) is 25.1 Å². The molecule has 1 aromatic carbocycles. The SMILES string of the molecule is CC(=O)C(Br)c1c(CC(=O)O)cccc1C(F)F. The van der Waals surface area contributed by atoms with E-state index in [2.05, 4.69) is 15.9 Å². The summed E-state index contributed by atoms with van der Waals surface area (Å²) in [7, 11) is 0. The van der Waals surface area contributed by atoms with Crippen molar-refractivity contribution in [3.63, 3.8) is 0 Å². The maximum Gasteiger partial charge on any atom is 0.307 e. The average molecular weight is 321 g/mol. The molecule has 0 radical (unpaired) electrons. The number of carbonyl (C=O) groups excluding carboxylic acids is 1. The van der Waals surface area contributed by atoms with Gasteiger partial charge in [0.25, 0.3) is 6.43 Å². The van der Waals surface area contributed by atoms with E-state index >= 15 is 0 Å². The van der Waals surface area contributed by atoms with E-state index in [1.54, 1.807) is 0 Å². The zero-order chi connectivity index (χ0) is 13.9. The van der Waals surface area contributed by atoms with Gasteiger partial charge in [-0.25, -0.2) is 8.78 Å². The number of aliphatic carboxylic acids is 1. The number of Topliss-reactive ketones (excluding diaryl/α,β-unsaturated/α-hetero) is 1. The summed E-state index contributed by atoms with van der Waals surface area (Å²) in [4.78, 5) is 21.1. The molecule has 6 heteroatoms. The Bertz CT molecular complexity index is 474. The lowest BCUT2D eigenvalue weighted by molar-refractivity contribution is -0.136. The van der Waals surface area contributed by atoms with Gasteiger partial charge in [-0.2, -0.15) is 0 Å². The molecule has 1 unspecified atom stereocenters. The van der Waals surface area contributed by atoms with Crippen molar-refractivity contribution in [1.82, 2.24) is 0 Å². The summed E-state index contributed by atoms with van der Waals surface area (Å²) in [6.45, 7) is 1.26. The van der Waals surface area contributed by atoms with Crippen molar-refractivity contribution in [1.29, 1.82) is 0 Å². The highest BCUT2D eigenvalue weighted by molar-refractivity contribution is 9.09. The van der Waals surface area contributed by atoms with E-state index in [0.29, 0.717) is 0 Å². The summed E-state index contributed by atoms with van der Waals surface area (Å²) >= 11 is 3.03. The van der Waals surface area contributed by atoms with Gasteiger partial charge in [0.1, 0.15) is 5.78 Å². The molecule has 0 aliphatic carbocycles. The van der Waals surface area contributed by atoms with Gasteiger partial charge in [0.2, 0.25) is 0 Å². The predicted molar refractivity (Wildman–Crippen MR) is 65.1 cm³/mol. The van der Waals surface area contributed by atoms with Crippen LogP contribution in [0.4, 0.5) is 8.78 Å². The number of benzene rings is 1. The smallest absolute Gasteiger partial charge is 0.307 e. The molecule has 0 aromatic heterocycles. The normalized spacial score (nSPS) is 12.5. The molecule has 18 heavy (non-hydrogen) atoms. The van der Waals surface area contributed by atoms with Gasteiger partial charge in [-0.1, -0.05) is 34.1 Å². The van der Waals surface area contributed by atoms with Crippen LogP contribution in [0, 0.1) is 0 Å². The fourth-order valence-electron chi connectivity index (χ4n) is 1.65. The number of ketones is 1. The Morgan fingerprint density at radius 1 is 1.39 bits per heavy atom. The number of rotatable bonds is 5. The lowest BCUT2D eigenvalue weighted by Crippen LogP contribution is -2.12. The van der Waals surface area contributed by atoms with E-state index in [1.807, 2.05) is 0 Å². The Morgan fingerprint density at radius 2 is 2.00 bits per heavy atom. The van der Waals surface area contributed by atoms with Gasteiger partial charge in [0, 0.05) is 5.56 Å². The van der Waals surface area contributed by atoms with Crippen LogP contribution in [0.2, 0.25) is 0 Å². The first-order valence-electron chi connectivity index (χ1n) is 5.10. The largest absolute Gasteiger partial charge is 0.481 e. The van der Waals surface area contributed by atoms with Crippen molar-refractivity contribution in [3.8, 4) is 0 Å². The lowest BCUT2D eigenvalue weighted by Gasteiger charge is -2.16. The van der Waals surface area contributed by atoms with Crippen molar-refractivity contribution in [2.75, 3.05) is 0 Å². The number of carboxylic acids is 1. The first kappa shape index (κ1) is 14.8. The highest BCUT2D eigenvalue weighted by atomic mass is 79.9. The van der Waals surface area contributed by atoms with E-state index in [0.717, 1.165) is 0 Å². The lowest BCUT2D eigenvalue weighted by atomic mass is 9.95. The second-order valence-corrected chi connectivity index (χ2v) is 4.68. The minimum Gasteiger partial charge on any atom is -0.481 e. The Labute approximate surface area is 111 Å². The third kappa shape index (κ3) is 3.35.